The first-order valence-electron chi connectivity index (χ1n) is 17.3. The van der Waals surface area contributed by atoms with Gasteiger partial charge in [0.15, 0.2) is 0 Å². The van der Waals surface area contributed by atoms with E-state index < -0.39 is 0 Å². The minimum atomic E-state index is -0.00838. The number of hydrogen-bond donors (Lipinski definition) is 3. The van der Waals surface area contributed by atoms with Crippen molar-refractivity contribution in [2.45, 2.75) is 98.0 Å². The Balaban J connectivity index is 0.888. The van der Waals surface area contributed by atoms with Crippen LogP contribution in [0, 0.1) is 35.5 Å². The zero-order valence-electron chi connectivity index (χ0n) is 25.6. The second-order valence-electron chi connectivity index (χ2n) is 16.1. The zero-order valence-corrected chi connectivity index (χ0v) is 30.1. The average Bonchev–Trinajstić information content (AvgIpc) is 3.40. The van der Waals surface area contributed by atoms with Crippen molar-refractivity contribution >= 4 is 48.6 Å². The molecule has 0 spiro atoms. The number of H-pyrrole nitrogens is 1. The van der Waals surface area contributed by atoms with Gasteiger partial charge in [-0.2, -0.15) is 0 Å². The van der Waals surface area contributed by atoms with E-state index in [0.717, 1.165) is 96.7 Å². The summed E-state index contributed by atoms with van der Waals surface area (Å²) in [7, 11) is 0. The first-order chi connectivity index (χ1) is 21.3. The van der Waals surface area contributed by atoms with Crippen LogP contribution in [-0.2, 0) is 0 Å². The molecule has 0 aliphatic heterocycles. The molecule has 8 bridgehead atoms. The van der Waals surface area contributed by atoms with Crippen LogP contribution in [0.25, 0.3) is 22.4 Å². The molecule has 3 aromatic rings. The second kappa shape index (κ2) is 10.4. The number of benzene rings is 2. The summed E-state index contributed by atoms with van der Waals surface area (Å²) in [6, 6.07) is 14.0. The van der Waals surface area contributed by atoms with Crippen molar-refractivity contribution in [3.8, 4) is 11.4 Å². The molecule has 44 heavy (non-hydrogen) atoms. The molecule has 7 atom stereocenters. The second-order valence-corrected chi connectivity index (χ2v) is 20.8. The number of imidazole rings is 1. The van der Waals surface area contributed by atoms with E-state index in [2.05, 4.69) is 15.6 Å². The van der Waals surface area contributed by atoms with Crippen LogP contribution in [0.3, 0.4) is 0 Å². The number of amides is 2. The number of nitrogens with one attached hydrogen (secondary N) is 3. The monoisotopic (exact) mass is 780 g/mol. The van der Waals surface area contributed by atoms with E-state index in [-0.39, 0.29) is 17.4 Å². The van der Waals surface area contributed by atoms with Crippen LogP contribution in [0.15, 0.2) is 42.5 Å². The summed E-state index contributed by atoms with van der Waals surface area (Å²) in [5, 5.41) is 7.03. The van der Waals surface area contributed by atoms with Gasteiger partial charge in [-0.1, -0.05) is 31.4 Å². The summed E-state index contributed by atoms with van der Waals surface area (Å²) >= 11 is 1.06. The standard InChI is InChI=1S/C37H43N4O2.Tl/c42-35(40-33-29-13-23-12-24(15-29)16-30(33)14-23)28-8-9-31-32(17-28)39-34(38-31)26-4-6-27(7-5-26)36(43)41-37-18-21-2-1-3-22(19-37)11-25(10-21)20-37;/h4-9,17,21-23,25,29-30,33H,1-3,10-16,18-20H2,(H,38,39)(H,40,42)(H,41,43);/t21-,22-,23?,25?,29+,30?,33?,37?;/m1./s1. The van der Waals surface area contributed by atoms with Crippen molar-refractivity contribution in [1.82, 2.24) is 20.6 Å². The van der Waals surface area contributed by atoms with Crippen LogP contribution in [0.1, 0.15) is 104 Å². The molecular weight excluding hydrogens is 737 g/mol. The maximum absolute atomic E-state index is 13.5. The van der Waals surface area contributed by atoms with Crippen LogP contribution in [-0.4, -0.2) is 59.1 Å². The molecule has 3 N–H and O–H groups in total. The fraction of sp³-hybridized carbons (Fsp3) is 0.595. The van der Waals surface area contributed by atoms with Gasteiger partial charge in [-0.15, -0.1) is 0 Å². The number of fused-ring (bicyclic) bond motifs is 3. The summed E-state index contributed by atoms with van der Waals surface area (Å²) in [6.45, 7) is 0. The van der Waals surface area contributed by atoms with Crippen molar-refractivity contribution < 1.29 is 9.59 Å². The number of nitrogens with zero attached hydrogens (tertiary/aromatic N) is 1. The predicted octanol–water partition coefficient (Wildman–Crippen LogP) is 6.97. The molecule has 7 heteroatoms. The molecule has 8 fully saturated rings. The van der Waals surface area contributed by atoms with Gasteiger partial charge in [0.05, 0.1) is 0 Å². The Morgan fingerprint density at radius 2 is 1.43 bits per heavy atom. The Kier molecular flexibility index (Phi) is 6.62. The van der Waals surface area contributed by atoms with E-state index in [1.165, 1.54) is 64.2 Å². The Hall–Kier alpha value is -2.23. The van der Waals surface area contributed by atoms with E-state index >= 15 is 0 Å². The normalized spacial score (nSPS) is 38.4. The fourth-order valence-corrected chi connectivity index (χ4v) is 15.2. The van der Waals surface area contributed by atoms with Gasteiger partial charge < -0.3 is 5.32 Å². The molecule has 4 unspecified atom stereocenters. The van der Waals surface area contributed by atoms with Gasteiger partial charge >= 0.3 is 157 Å². The van der Waals surface area contributed by atoms with Gasteiger partial charge in [0.1, 0.15) is 0 Å². The third kappa shape index (κ3) is 4.96. The Morgan fingerprint density at radius 1 is 0.773 bits per heavy atom. The summed E-state index contributed by atoms with van der Waals surface area (Å²) in [4.78, 5) is 35.2. The molecule has 8 saturated carbocycles. The van der Waals surface area contributed by atoms with E-state index in [9.17, 15) is 9.59 Å². The van der Waals surface area contributed by atoms with Gasteiger partial charge in [-0.25, -0.2) is 0 Å². The average molecular weight is 780 g/mol. The molecule has 0 radical (unpaired) electrons. The predicted molar refractivity (Wildman–Crippen MR) is 172 cm³/mol. The number of carbonyl (C=O) groups is 2. The molecule has 1 heterocycles. The maximum atomic E-state index is 13.5. The molecule has 8 aliphatic rings. The minimum absolute atomic E-state index is 0.00838. The Morgan fingerprint density at radius 3 is 2.14 bits per heavy atom. The van der Waals surface area contributed by atoms with Gasteiger partial charge in [-0.05, 0) is 62.0 Å². The Bertz CT molecular complexity index is 1600. The van der Waals surface area contributed by atoms with Crippen LogP contribution in [0.2, 0.25) is 2.97 Å². The third-order valence-corrected chi connectivity index (χ3v) is 15.5. The third-order valence-electron chi connectivity index (χ3n) is 12.8. The molecule has 2 amide bonds. The van der Waals surface area contributed by atoms with Crippen molar-refractivity contribution in [3.05, 3.63) is 53.6 Å². The zero-order chi connectivity index (χ0) is 29.6. The molecule has 2 aromatic carbocycles. The summed E-state index contributed by atoms with van der Waals surface area (Å²) in [6.07, 6.45) is 17.0. The molecule has 8 aliphatic carbocycles. The molecule has 11 rings (SSSR count). The van der Waals surface area contributed by atoms with Gasteiger partial charge in [0.2, 0.25) is 0 Å². The van der Waals surface area contributed by atoms with Gasteiger partial charge in [-0.3, -0.25) is 4.79 Å². The fourth-order valence-electron chi connectivity index (χ4n) is 11.5. The van der Waals surface area contributed by atoms with Crippen LogP contribution >= 0.6 is 0 Å². The summed E-state index contributed by atoms with van der Waals surface area (Å²) in [5.74, 6) is 5.47. The van der Waals surface area contributed by atoms with Crippen LogP contribution in [0.4, 0.5) is 0 Å². The van der Waals surface area contributed by atoms with Crippen molar-refractivity contribution in [2.24, 2.45) is 35.5 Å². The SMILES string of the molecule is O=C(NC1C2CC3C[C@H]1C[C]([Tl])(C3)C2)c1ccc2nc(-c3ccc(C(=O)NC45CC6C[C@@H](CCC[C@H](C6)C4)C5)cc3)[nH]c2c1. The number of carbonyl (C=O) groups excluding carboxylic acids is 2. The van der Waals surface area contributed by atoms with Crippen molar-refractivity contribution in [3.63, 3.8) is 0 Å². The molecule has 0 saturated heterocycles. The van der Waals surface area contributed by atoms with Gasteiger partial charge in [0, 0.05) is 11.1 Å². The van der Waals surface area contributed by atoms with Crippen molar-refractivity contribution in [2.75, 3.05) is 0 Å². The van der Waals surface area contributed by atoms with Crippen LogP contribution in [0.5, 0.6) is 0 Å². The number of aromatic nitrogens is 2. The first kappa shape index (κ1) is 28.0. The van der Waals surface area contributed by atoms with E-state index in [1.54, 1.807) is 0 Å². The van der Waals surface area contributed by atoms with E-state index in [1.807, 2.05) is 42.5 Å². The number of rotatable bonds is 5. The van der Waals surface area contributed by atoms with Crippen LogP contribution < -0.4 is 10.6 Å². The van der Waals surface area contributed by atoms with Gasteiger partial charge in [0.25, 0.3) is 5.91 Å². The molecule has 6 nitrogen and oxygen atoms in total. The molecular formula is C37H43N4O2Tl. The Labute approximate surface area is 276 Å². The van der Waals surface area contributed by atoms with E-state index in [0.29, 0.717) is 26.4 Å². The number of aromatic amines is 1. The van der Waals surface area contributed by atoms with Crippen molar-refractivity contribution in [1.29, 1.82) is 0 Å². The first-order valence-corrected chi connectivity index (χ1v) is 19.6. The molecule has 1 aromatic heterocycles. The quantitative estimate of drug-likeness (QED) is 0.245. The topological polar surface area (TPSA) is 86.9 Å². The molecule has 226 valence electrons. The van der Waals surface area contributed by atoms with E-state index in [4.69, 9.17) is 4.98 Å². The number of hydrogen-bond acceptors (Lipinski definition) is 3. The summed E-state index contributed by atoms with van der Waals surface area (Å²) < 4.78 is 0.665. The summed E-state index contributed by atoms with van der Waals surface area (Å²) in [5.41, 5.74) is 4.07.